The van der Waals surface area contributed by atoms with Crippen LogP contribution in [0.15, 0.2) is 17.1 Å². The van der Waals surface area contributed by atoms with Crippen LogP contribution in [0.25, 0.3) is 0 Å². The summed E-state index contributed by atoms with van der Waals surface area (Å²) < 4.78 is 13.0. The van der Waals surface area contributed by atoms with E-state index in [2.05, 4.69) is 18.8 Å². The van der Waals surface area contributed by atoms with Crippen molar-refractivity contribution < 1.29 is 9.47 Å². The number of hydrogen-bond donors (Lipinski definition) is 0. The van der Waals surface area contributed by atoms with Crippen LogP contribution in [-0.2, 0) is 15.9 Å². The minimum absolute atomic E-state index is 0.00840. The van der Waals surface area contributed by atoms with Gasteiger partial charge in [-0.3, -0.25) is 4.57 Å². The normalized spacial score (nSPS) is 21.8. The zero-order chi connectivity index (χ0) is 15.1. The third-order valence-electron chi connectivity index (χ3n) is 3.33. The molecule has 0 N–H and O–H groups in total. The Morgan fingerprint density at radius 1 is 1.48 bits per heavy atom. The lowest BCUT2D eigenvalue weighted by Gasteiger charge is -2.15. The molecule has 1 aliphatic rings. The summed E-state index contributed by atoms with van der Waals surface area (Å²) in [4.78, 5) is 16.1. The van der Waals surface area contributed by atoms with Gasteiger partial charge >= 0.3 is 5.69 Å². The van der Waals surface area contributed by atoms with Gasteiger partial charge in [-0.15, -0.1) is 11.8 Å². The SMILES string of the molecule is CCCCOC[C@H]1OC(n2ccc(CCC)nc2=O)CS1. The minimum atomic E-state index is -0.231. The van der Waals surface area contributed by atoms with Gasteiger partial charge in [-0.2, -0.15) is 4.98 Å². The van der Waals surface area contributed by atoms with E-state index in [1.165, 1.54) is 0 Å². The van der Waals surface area contributed by atoms with E-state index in [4.69, 9.17) is 9.47 Å². The van der Waals surface area contributed by atoms with Crippen molar-refractivity contribution in [1.82, 2.24) is 9.55 Å². The summed E-state index contributed by atoms with van der Waals surface area (Å²) in [5.74, 6) is 0.760. The first-order valence-electron chi connectivity index (χ1n) is 7.67. The molecule has 1 aromatic rings. The molecule has 1 fully saturated rings. The molecular formula is C15H24N2O3S. The third-order valence-corrected chi connectivity index (χ3v) is 4.43. The van der Waals surface area contributed by atoms with E-state index in [0.717, 1.165) is 43.7 Å². The van der Waals surface area contributed by atoms with Crippen LogP contribution in [0.5, 0.6) is 0 Å². The van der Waals surface area contributed by atoms with Crippen molar-refractivity contribution in [3.8, 4) is 0 Å². The van der Waals surface area contributed by atoms with Crippen LogP contribution < -0.4 is 5.69 Å². The number of ether oxygens (including phenoxy) is 2. The van der Waals surface area contributed by atoms with Gasteiger partial charge in [0.25, 0.3) is 0 Å². The topological polar surface area (TPSA) is 53.4 Å². The number of rotatable bonds is 8. The highest BCUT2D eigenvalue weighted by Gasteiger charge is 2.28. The Kier molecular flexibility index (Phi) is 6.73. The largest absolute Gasteiger partial charge is 0.378 e. The lowest BCUT2D eigenvalue weighted by Crippen LogP contribution is -2.29. The zero-order valence-corrected chi connectivity index (χ0v) is 13.6. The highest BCUT2D eigenvalue weighted by Crippen LogP contribution is 2.31. The van der Waals surface area contributed by atoms with Crippen molar-refractivity contribution >= 4 is 11.8 Å². The number of unbranched alkanes of at least 4 members (excludes halogenated alkanes) is 1. The summed E-state index contributed by atoms with van der Waals surface area (Å²) in [6.07, 6.45) is 5.60. The van der Waals surface area contributed by atoms with Crippen molar-refractivity contribution in [3.05, 3.63) is 28.4 Å². The first-order valence-corrected chi connectivity index (χ1v) is 8.72. The van der Waals surface area contributed by atoms with E-state index in [-0.39, 0.29) is 17.4 Å². The summed E-state index contributed by atoms with van der Waals surface area (Å²) in [5.41, 5.74) is 0.636. The molecule has 2 atom stereocenters. The molecular weight excluding hydrogens is 288 g/mol. The predicted molar refractivity (Wildman–Crippen MR) is 84.6 cm³/mol. The van der Waals surface area contributed by atoms with Gasteiger partial charge in [0.15, 0.2) is 0 Å². The Bertz CT molecular complexity index is 492. The van der Waals surface area contributed by atoms with Crippen LogP contribution in [0.1, 0.15) is 45.0 Å². The molecule has 0 amide bonds. The van der Waals surface area contributed by atoms with Gasteiger partial charge in [0.05, 0.1) is 6.61 Å². The average Bonchev–Trinajstić information content (AvgIpc) is 2.93. The molecule has 2 heterocycles. The van der Waals surface area contributed by atoms with Gasteiger partial charge in [0.1, 0.15) is 11.7 Å². The van der Waals surface area contributed by atoms with Gasteiger partial charge in [-0.25, -0.2) is 4.79 Å². The molecule has 2 rings (SSSR count). The summed E-state index contributed by atoms with van der Waals surface area (Å²) in [5, 5.41) is 0. The van der Waals surface area contributed by atoms with Crippen LogP contribution in [0, 0.1) is 0 Å². The van der Waals surface area contributed by atoms with Crippen LogP contribution in [-0.4, -0.2) is 34.0 Å². The molecule has 21 heavy (non-hydrogen) atoms. The second kappa shape index (κ2) is 8.56. The highest BCUT2D eigenvalue weighted by atomic mass is 32.2. The van der Waals surface area contributed by atoms with Crippen molar-refractivity contribution in [1.29, 1.82) is 0 Å². The number of aryl methyl sites for hydroxylation is 1. The summed E-state index contributed by atoms with van der Waals surface area (Å²) in [6, 6.07) is 1.91. The predicted octanol–water partition coefficient (Wildman–Crippen LogP) is 2.60. The molecule has 1 saturated heterocycles. The van der Waals surface area contributed by atoms with E-state index in [1.54, 1.807) is 22.5 Å². The fraction of sp³-hybridized carbons (Fsp3) is 0.733. The smallest absolute Gasteiger partial charge is 0.349 e. The monoisotopic (exact) mass is 312 g/mol. The molecule has 0 aromatic carbocycles. The van der Waals surface area contributed by atoms with Gasteiger partial charge < -0.3 is 9.47 Å². The Balaban J connectivity index is 1.87. The maximum absolute atomic E-state index is 12.0. The molecule has 0 saturated carbocycles. The van der Waals surface area contributed by atoms with Gasteiger partial charge in [-0.1, -0.05) is 26.7 Å². The fourth-order valence-electron chi connectivity index (χ4n) is 2.17. The molecule has 1 aliphatic heterocycles. The Morgan fingerprint density at radius 3 is 3.05 bits per heavy atom. The molecule has 5 nitrogen and oxygen atoms in total. The maximum atomic E-state index is 12.0. The lowest BCUT2D eigenvalue weighted by molar-refractivity contribution is -0.0251. The molecule has 6 heteroatoms. The Morgan fingerprint density at radius 2 is 2.33 bits per heavy atom. The van der Waals surface area contributed by atoms with Crippen molar-refractivity contribution in [2.24, 2.45) is 0 Å². The van der Waals surface area contributed by atoms with Crippen molar-refractivity contribution in [2.45, 2.75) is 51.2 Å². The number of nitrogens with zero attached hydrogens (tertiary/aromatic N) is 2. The minimum Gasteiger partial charge on any atom is -0.378 e. The molecule has 0 aliphatic carbocycles. The highest BCUT2D eigenvalue weighted by molar-refractivity contribution is 8.00. The van der Waals surface area contributed by atoms with E-state index in [1.807, 2.05) is 6.07 Å². The number of thioether (sulfide) groups is 1. The third kappa shape index (κ3) is 4.83. The van der Waals surface area contributed by atoms with E-state index in [0.29, 0.717) is 6.61 Å². The second-order valence-corrected chi connectivity index (χ2v) is 6.33. The maximum Gasteiger partial charge on any atom is 0.349 e. The van der Waals surface area contributed by atoms with Crippen LogP contribution in [0.2, 0.25) is 0 Å². The van der Waals surface area contributed by atoms with Crippen LogP contribution >= 0.6 is 11.8 Å². The zero-order valence-electron chi connectivity index (χ0n) is 12.8. The van der Waals surface area contributed by atoms with Crippen LogP contribution in [0.4, 0.5) is 0 Å². The quantitative estimate of drug-likeness (QED) is 0.691. The second-order valence-electron chi connectivity index (χ2n) is 5.14. The first-order chi connectivity index (χ1) is 10.2. The molecule has 0 spiro atoms. The lowest BCUT2D eigenvalue weighted by atomic mass is 10.2. The van der Waals surface area contributed by atoms with E-state index >= 15 is 0 Å². The van der Waals surface area contributed by atoms with E-state index in [9.17, 15) is 4.79 Å². The van der Waals surface area contributed by atoms with E-state index < -0.39 is 0 Å². The van der Waals surface area contributed by atoms with Crippen LogP contribution in [0.3, 0.4) is 0 Å². The molecule has 0 radical (unpaired) electrons. The first kappa shape index (κ1) is 16.5. The standard InChI is InChI=1S/C15H24N2O3S/c1-3-5-9-19-10-14-20-13(11-21-14)17-8-7-12(6-4-2)16-15(17)18/h7-8,13-14H,3-6,9-11H2,1-2H3/t13?,14-/m0/s1. The number of aromatic nitrogens is 2. The number of hydrogen-bond acceptors (Lipinski definition) is 5. The van der Waals surface area contributed by atoms with Crippen molar-refractivity contribution in [3.63, 3.8) is 0 Å². The summed E-state index contributed by atoms with van der Waals surface area (Å²) in [7, 11) is 0. The Hall–Kier alpha value is -0.850. The van der Waals surface area contributed by atoms with Gasteiger partial charge in [0.2, 0.25) is 0 Å². The molecule has 1 aromatic heterocycles. The average molecular weight is 312 g/mol. The molecule has 0 bridgehead atoms. The van der Waals surface area contributed by atoms with Crippen molar-refractivity contribution in [2.75, 3.05) is 19.0 Å². The fourth-order valence-corrected chi connectivity index (χ4v) is 3.18. The van der Waals surface area contributed by atoms with Gasteiger partial charge in [0, 0.05) is 24.3 Å². The summed E-state index contributed by atoms with van der Waals surface area (Å²) >= 11 is 1.69. The Labute approximate surface area is 130 Å². The molecule has 1 unspecified atom stereocenters. The molecule has 118 valence electrons. The van der Waals surface area contributed by atoms with Gasteiger partial charge in [-0.05, 0) is 18.9 Å². The summed E-state index contributed by atoms with van der Waals surface area (Å²) in [6.45, 7) is 5.57.